The Labute approximate surface area is 70.5 Å². The van der Waals surface area contributed by atoms with Gasteiger partial charge in [-0.1, -0.05) is 0 Å². The molecule has 1 saturated carbocycles. The third-order valence-corrected chi connectivity index (χ3v) is 2.38. The van der Waals surface area contributed by atoms with Gasteiger partial charge in [-0.3, -0.25) is 4.79 Å². The zero-order valence-electron chi connectivity index (χ0n) is 7.00. The Morgan fingerprint density at radius 2 is 2.33 bits per heavy atom. The summed E-state index contributed by atoms with van der Waals surface area (Å²) in [6.07, 6.45) is -0.500. The molecule has 1 aliphatic carbocycles. The molecule has 1 rings (SSSR count). The first-order valence-electron chi connectivity index (χ1n) is 4.01. The summed E-state index contributed by atoms with van der Waals surface area (Å²) in [5.41, 5.74) is 0. The average molecular weight is 176 g/mol. The molecule has 0 aromatic carbocycles. The molecule has 12 heavy (non-hydrogen) atoms. The Hall–Kier alpha value is -0.640. The number of aliphatic hydroxyl groups excluding tert-OH is 1. The Kier molecular flexibility index (Phi) is 3.03. The Balaban J connectivity index is 2.57. The van der Waals surface area contributed by atoms with E-state index in [1.165, 1.54) is 7.11 Å². The first-order valence-corrected chi connectivity index (χ1v) is 4.01. The van der Waals surface area contributed by atoms with E-state index in [9.17, 15) is 9.18 Å². The number of methoxy groups -OCH3 is 1. The van der Waals surface area contributed by atoms with Crippen LogP contribution in [0.2, 0.25) is 0 Å². The lowest BCUT2D eigenvalue weighted by atomic mass is 9.97. The summed E-state index contributed by atoms with van der Waals surface area (Å²) in [5.74, 6) is -1.11. The van der Waals surface area contributed by atoms with E-state index in [2.05, 4.69) is 4.74 Å². The summed E-state index contributed by atoms with van der Waals surface area (Å²) in [7, 11) is 1.28. The molecular formula is C8H13FO3. The van der Waals surface area contributed by atoms with Crippen LogP contribution in [0.4, 0.5) is 4.39 Å². The van der Waals surface area contributed by atoms with Crippen molar-refractivity contribution in [2.24, 2.45) is 11.8 Å². The van der Waals surface area contributed by atoms with Gasteiger partial charge in [-0.05, 0) is 18.8 Å². The van der Waals surface area contributed by atoms with E-state index in [0.29, 0.717) is 0 Å². The molecule has 3 atom stereocenters. The number of ether oxygens (including phenoxy) is 1. The van der Waals surface area contributed by atoms with Gasteiger partial charge in [0, 0.05) is 6.61 Å². The van der Waals surface area contributed by atoms with Crippen LogP contribution >= 0.6 is 0 Å². The van der Waals surface area contributed by atoms with Crippen molar-refractivity contribution in [3.63, 3.8) is 0 Å². The van der Waals surface area contributed by atoms with Gasteiger partial charge in [-0.15, -0.1) is 0 Å². The predicted molar refractivity (Wildman–Crippen MR) is 40.2 cm³/mol. The fourth-order valence-electron chi connectivity index (χ4n) is 1.70. The van der Waals surface area contributed by atoms with Crippen molar-refractivity contribution in [1.82, 2.24) is 0 Å². The molecule has 0 radical (unpaired) electrons. The molecule has 3 nitrogen and oxygen atoms in total. The summed E-state index contributed by atoms with van der Waals surface area (Å²) in [6.45, 7) is -0.139. The van der Waals surface area contributed by atoms with Crippen LogP contribution in [0, 0.1) is 11.8 Å². The maximum absolute atomic E-state index is 12.8. The molecule has 0 saturated heterocycles. The highest BCUT2D eigenvalue weighted by molar-refractivity contribution is 5.73. The number of hydrogen-bond donors (Lipinski definition) is 1. The Morgan fingerprint density at radius 1 is 1.67 bits per heavy atom. The number of esters is 1. The molecule has 0 amide bonds. The monoisotopic (exact) mass is 176 g/mol. The van der Waals surface area contributed by atoms with E-state index in [-0.39, 0.29) is 25.4 Å². The van der Waals surface area contributed by atoms with Gasteiger partial charge < -0.3 is 9.84 Å². The van der Waals surface area contributed by atoms with Gasteiger partial charge in [0.25, 0.3) is 0 Å². The van der Waals surface area contributed by atoms with Gasteiger partial charge in [-0.25, -0.2) is 4.39 Å². The largest absolute Gasteiger partial charge is 0.469 e. The van der Waals surface area contributed by atoms with E-state index < -0.39 is 18.1 Å². The molecule has 0 aromatic heterocycles. The molecule has 0 aliphatic heterocycles. The molecule has 0 bridgehead atoms. The average Bonchev–Trinajstić information content (AvgIpc) is 2.45. The van der Waals surface area contributed by atoms with Crippen molar-refractivity contribution in [2.45, 2.75) is 19.0 Å². The van der Waals surface area contributed by atoms with Gasteiger partial charge in [0.1, 0.15) is 6.17 Å². The first-order chi connectivity index (χ1) is 5.69. The molecular weight excluding hydrogens is 163 g/mol. The topological polar surface area (TPSA) is 46.5 Å². The lowest BCUT2D eigenvalue weighted by Gasteiger charge is -2.13. The van der Waals surface area contributed by atoms with E-state index in [1.54, 1.807) is 0 Å². The zero-order chi connectivity index (χ0) is 9.14. The normalized spacial score (nSPS) is 35.1. The minimum atomic E-state index is -0.966. The fourth-order valence-corrected chi connectivity index (χ4v) is 1.70. The van der Waals surface area contributed by atoms with E-state index in [4.69, 9.17) is 5.11 Å². The second kappa shape index (κ2) is 3.85. The quantitative estimate of drug-likeness (QED) is 0.624. The second-order valence-corrected chi connectivity index (χ2v) is 3.14. The van der Waals surface area contributed by atoms with Crippen molar-refractivity contribution < 1.29 is 19.0 Å². The number of aliphatic hydroxyl groups is 1. The van der Waals surface area contributed by atoms with Crippen LogP contribution in [-0.2, 0) is 9.53 Å². The highest BCUT2D eigenvalue weighted by atomic mass is 19.1. The smallest absolute Gasteiger partial charge is 0.309 e. The van der Waals surface area contributed by atoms with Crippen LogP contribution < -0.4 is 0 Å². The van der Waals surface area contributed by atoms with Crippen molar-refractivity contribution in [3.8, 4) is 0 Å². The number of carbonyl (C=O) groups is 1. The first kappa shape index (κ1) is 9.45. The second-order valence-electron chi connectivity index (χ2n) is 3.14. The molecule has 1 fully saturated rings. The van der Waals surface area contributed by atoms with Gasteiger partial charge >= 0.3 is 5.97 Å². The number of halogens is 1. The summed E-state index contributed by atoms with van der Waals surface area (Å²) in [4.78, 5) is 11.0. The minimum absolute atomic E-state index is 0.139. The lowest BCUT2D eigenvalue weighted by molar-refractivity contribution is -0.147. The van der Waals surface area contributed by atoms with Gasteiger partial charge in [0.2, 0.25) is 0 Å². The SMILES string of the molecule is COC(=O)[C@@H]1C[C@H](F)C[C@@H]1CO. The third-order valence-electron chi connectivity index (χ3n) is 2.38. The van der Waals surface area contributed by atoms with Gasteiger partial charge in [0.15, 0.2) is 0 Å². The van der Waals surface area contributed by atoms with Crippen molar-refractivity contribution in [1.29, 1.82) is 0 Å². The van der Waals surface area contributed by atoms with Gasteiger partial charge in [-0.2, -0.15) is 0 Å². The molecule has 1 aliphatic rings. The van der Waals surface area contributed by atoms with Crippen LogP contribution in [0.15, 0.2) is 0 Å². The van der Waals surface area contributed by atoms with Crippen molar-refractivity contribution in [2.75, 3.05) is 13.7 Å². The van der Waals surface area contributed by atoms with Gasteiger partial charge in [0.05, 0.1) is 13.0 Å². The lowest BCUT2D eigenvalue weighted by Crippen LogP contribution is -2.22. The highest BCUT2D eigenvalue weighted by Gasteiger charge is 2.39. The maximum atomic E-state index is 12.8. The summed E-state index contributed by atoms with van der Waals surface area (Å²) in [5, 5.41) is 8.82. The number of rotatable bonds is 2. The molecule has 0 aromatic rings. The highest BCUT2D eigenvalue weighted by Crippen LogP contribution is 2.34. The zero-order valence-corrected chi connectivity index (χ0v) is 7.00. The minimum Gasteiger partial charge on any atom is -0.469 e. The van der Waals surface area contributed by atoms with Crippen molar-refractivity contribution in [3.05, 3.63) is 0 Å². The Morgan fingerprint density at radius 3 is 2.83 bits per heavy atom. The van der Waals surface area contributed by atoms with Crippen LogP contribution in [0.1, 0.15) is 12.8 Å². The fraction of sp³-hybridized carbons (Fsp3) is 0.875. The maximum Gasteiger partial charge on any atom is 0.309 e. The summed E-state index contributed by atoms with van der Waals surface area (Å²) >= 11 is 0. The summed E-state index contributed by atoms with van der Waals surface area (Å²) < 4.78 is 17.3. The molecule has 0 heterocycles. The van der Waals surface area contributed by atoms with Crippen LogP contribution in [0.5, 0.6) is 0 Å². The number of alkyl halides is 1. The van der Waals surface area contributed by atoms with E-state index in [0.717, 1.165) is 0 Å². The van der Waals surface area contributed by atoms with E-state index >= 15 is 0 Å². The number of carbonyl (C=O) groups excluding carboxylic acids is 1. The van der Waals surface area contributed by atoms with E-state index in [1.807, 2.05) is 0 Å². The molecule has 0 spiro atoms. The van der Waals surface area contributed by atoms with Crippen molar-refractivity contribution >= 4 is 5.97 Å². The van der Waals surface area contributed by atoms with Crippen LogP contribution in [-0.4, -0.2) is 31.0 Å². The van der Waals surface area contributed by atoms with Crippen LogP contribution in [0.25, 0.3) is 0 Å². The standard InChI is InChI=1S/C8H13FO3/c1-12-8(11)7-3-6(9)2-5(7)4-10/h5-7,10H,2-4H2,1H3/t5-,6-,7-/m1/s1. The predicted octanol–water partition coefficient (Wildman–Crippen LogP) is 0.516. The van der Waals surface area contributed by atoms with Crippen LogP contribution in [0.3, 0.4) is 0 Å². The molecule has 70 valence electrons. The summed E-state index contributed by atoms with van der Waals surface area (Å²) in [6, 6.07) is 0. The Bertz CT molecular complexity index is 172. The third kappa shape index (κ3) is 1.75. The number of hydrogen-bond acceptors (Lipinski definition) is 3. The molecule has 1 N–H and O–H groups in total. The molecule has 0 unspecified atom stereocenters. The molecule has 4 heteroatoms.